The maximum Gasteiger partial charge on any atom is 0.294 e. The van der Waals surface area contributed by atoms with Crippen LogP contribution in [0.4, 0.5) is 4.39 Å². The van der Waals surface area contributed by atoms with E-state index in [1.165, 1.54) is 31.1 Å². The summed E-state index contributed by atoms with van der Waals surface area (Å²) in [5, 5.41) is 0.621. The van der Waals surface area contributed by atoms with Crippen LogP contribution in [0.1, 0.15) is 45.8 Å². The number of nitrogens with zero attached hydrogens (tertiary/aromatic N) is 4. The Balaban J connectivity index is 1.66. The van der Waals surface area contributed by atoms with Gasteiger partial charge in [0.05, 0.1) is 11.1 Å². The molecule has 3 aromatic rings. The average molecular weight is 523 g/mol. The highest BCUT2D eigenvalue weighted by molar-refractivity contribution is 6.43. The standard InChI is InChI=1S/C29H35FN4O4/c1-18-15-33(19(2)14-32(18)16-21-7-10-23(30)11-8-21)28(36)26-20(3)34(17-38-6)25-12-9-22(13-24(25)26)27(35)29(37)31(4)5/h7-13,18-19H,14-17H2,1-6H3. The molecule has 202 valence electrons. The largest absolute Gasteiger partial charge is 0.364 e. The summed E-state index contributed by atoms with van der Waals surface area (Å²) in [5.74, 6) is -1.62. The summed E-state index contributed by atoms with van der Waals surface area (Å²) in [4.78, 5) is 44.6. The van der Waals surface area contributed by atoms with E-state index in [-0.39, 0.29) is 36.1 Å². The third-order valence-corrected chi connectivity index (χ3v) is 7.33. The highest BCUT2D eigenvalue weighted by atomic mass is 19.1. The molecule has 8 nitrogen and oxygen atoms in total. The Morgan fingerprint density at radius 1 is 1.03 bits per heavy atom. The van der Waals surface area contributed by atoms with Gasteiger partial charge in [-0.1, -0.05) is 12.1 Å². The minimum absolute atomic E-state index is 0.0699. The van der Waals surface area contributed by atoms with Crippen LogP contribution >= 0.6 is 0 Å². The molecule has 0 spiro atoms. The molecule has 1 saturated heterocycles. The number of hydrogen-bond acceptors (Lipinski definition) is 5. The van der Waals surface area contributed by atoms with Gasteiger partial charge in [0.2, 0.25) is 5.78 Å². The fourth-order valence-corrected chi connectivity index (χ4v) is 5.18. The summed E-state index contributed by atoms with van der Waals surface area (Å²) in [7, 11) is 4.65. The van der Waals surface area contributed by atoms with Crippen LogP contribution in [0.3, 0.4) is 0 Å². The van der Waals surface area contributed by atoms with Gasteiger partial charge in [0, 0.05) is 69.6 Å². The number of likely N-dealkylation sites (N-methyl/N-ethyl adjacent to an activating group) is 1. The summed E-state index contributed by atoms with van der Waals surface area (Å²) in [6.45, 7) is 8.09. The highest BCUT2D eigenvalue weighted by Gasteiger charge is 2.35. The first-order chi connectivity index (χ1) is 18.0. The minimum atomic E-state index is -0.621. The molecule has 2 heterocycles. The van der Waals surface area contributed by atoms with Crippen molar-refractivity contribution in [1.29, 1.82) is 0 Å². The Labute approximate surface area is 222 Å². The van der Waals surface area contributed by atoms with Gasteiger partial charge >= 0.3 is 0 Å². The Kier molecular flexibility index (Phi) is 7.99. The van der Waals surface area contributed by atoms with E-state index in [0.717, 1.165) is 16.8 Å². The second kappa shape index (κ2) is 11.0. The molecule has 1 fully saturated rings. The molecule has 38 heavy (non-hydrogen) atoms. The Hall–Kier alpha value is -3.56. The maximum absolute atomic E-state index is 14.1. The van der Waals surface area contributed by atoms with Gasteiger partial charge in [-0.3, -0.25) is 19.3 Å². The molecule has 4 rings (SSSR count). The van der Waals surface area contributed by atoms with Crippen molar-refractivity contribution in [3.63, 3.8) is 0 Å². The van der Waals surface area contributed by atoms with Crippen LogP contribution < -0.4 is 0 Å². The SMILES string of the molecule is COCn1c(C)c(C(=O)N2CC(C)N(Cc3ccc(F)cc3)CC2C)c2cc(C(=O)C(=O)N(C)C)ccc21. The van der Waals surface area contributed by atoms with E-state index >= 15 is 0 Å². The molecule has 1 aromatic heterocycles. The van der Waals surface area contributed by atoms with Crippen LogP contribution in [0.2, 0.25) is 0 Å². The first-order valence-corrected chi connectivity index (χ1v) is 12.7. The van der Waals surface area contributed by atoms with Gasteiger partial charge in [-0.15, -0.1) is 0 Å². The van der Waals surface area contributed by atoms with Crippen molar-refractivity contribution in [2.24, 2.45) is 0 Å². The van der Waals surface area contributed by atoms with E-state index in [9.17, 15) is 18.8 Å². The van der Waals surface area contributed by atoms with Crippen LogP contribution in [0.15, 0.2) is 42.5 Å². The predicted molar refractivity (Wildman–Crippen MR) is 143 cm³/mol. The van der Waals surface area contributed by atoms with Crippen molar-refractivity contribution in [1.82, 2.24) is 19.3 Å². The number of piperazine rings is 1. The number of hydrogen-bond donors (Lipinski definition) is 0. The summed E-state index contributed by atoms with van der Waals surface area (Å²) < 4.78 is 20.6. The Bertz CT molecular complexity index is 1370. The van der Waals surface area contributed by atoms with E-state index in [1.54, 1.807) is 37.4 Å². The van der Waals surface area contributed by atoms with Gasteiger partial charge in [0.1, 0.15) is 12.5 Å². The zero-order valence-corrected chi connectivity index (χ0v) is 22.8. The molecule has 0 N–H and O–H groups in total. The number of ether oxygens (including phenoxy) is 1. The smallest absolute Gasteiger partial charge is 0.294 e. The number of methoxy groups -OCH3 is 1. The fourth-order valence-electron chi connectivity index (χ4n) is 5.18. The monoisotopic (exact) mass is 522 g/mol. The number of halogens is 1. The minimum Gasteiger partial charge on any atom is -0.364 e. The molecule has 1 aliphatic heterocycles. The molecule has 9 heteroatoms. The van der Waals surface area contributed by atoms with Crippen LogP contribution in [-0.4, -0.2) is 83.2 Å². The maximum atomic E-state index is 14.1. The first kappa shape index (κ1) is 27.5. The summed E-state index contributed by atoms with van der Waals surface area (Å²) in [5.41, 5.74) is 3.27. The number of aromatic nitrogens is 1. The number of amides is 2. The number of Topliss-reactive ketones (excluding diaryl/α,β-unsaturated/α-hetero) is 1. The lowest BCUT2D eigenvalue weighted by Gasteiger charge is -2.44. The van der Waals surface area contributed by atoms with Crippen molar-refractivity contribution >= 4 is 28.5 Å². The molecule has 2 aromatic carbocycles. The number of ketones is 1. The zero-order chi connectivity index (χ0) is 27.7. The van der Waals surface area contributed by atoms with Gasteiger partial charge in [-0.05, 0) is 56.7 Å². The number of fused-ring (bicyclic) bond motifs is 1. The first-order valence-electron chi connectivity index (χ1n) is 12.7. The molecule has 0 radical (unpaired) electrons. The Morgan fingerprint density at radius 3 is 2.34 bits per heavy atom. The van der Waals surface area contributed by atoms with Gasteiger partial charge in [0.25, 0.3) is 11.8 Å². The molecule has 0 aliphatic carbocycles. The van der Waals surface area contributed by atoms with Crippen LogP contribution in [0.25, 0.3) is 10.9 Å². The second-order valence-electron chi connectivity index (χ2n) is 10.3. The van der Waals surface area contributed by atoms with Crippen molar-refractivity contribution in [3.05, 3.63) is 70.7 Å². The third kappa shape index (κ3) is 5.21. The molecule has 0 saturated carbocycles. The quantitative estimate of drug-likeness (QED) is 0.350. The predicted octanol–water partition coefficient (Wildman–Crippen LogP) is 3.70. The van der Waals surface area contributed by atoms with Crippen molar-refractivity contribution in [2.75, 3.05) is 34.3 Å². The summed E-state index contributed by atoms with van der Waals surface area (Å²) >= 11 is 0. The number of carbonyl (C=O) groups is 3. The molecular formula is C29H35FN4O4. The van der Waals surface area contributed by atoms with E-state index in [4.69, 9.17) is 4.74 Å². The van der Waals surface area contributed by atoms with Crippen molar-refractivity contribution in [3.8, 4) is 0 Å². The summed E-state index contributed by atoms with van der Waals surface area (Å²) in [6.07, 6.45) is 0. The molecule has 1 aliphatic rings. The molecule has 2 atom stereocenters. The van der Waals surface area contributed by atoms with E-state index in [2.05, 4.69) is 11.8 Å². The van der Waals surface area contributed by atoms with Gasteiger partial charge < -0.3 is 19.1 Å². The number of rotatable bonds is 7. The van der Waals surface area contributed by atoms with Crippen LogP contribution in [0.5, 0.6) is 0 Å². The van der Waals surface area contributed by atoms with Crippen molar-refractivity contribution < 1.29 is 23.5 Å². The lowest BCUT2D eigenvalue weighted by atomic mass is 10.0. The molecule has 0 bridgehead atoms. The molecule has 2 unspecified atom stereocenters. The highest BCUT2D eigenvalue weighted by Crippen LogP contribution is 2.30. The average Bonchev–Trinajstić information content (AvgIpc) is 3.16. The normalized spacial score (nSPS) is 18.1. The number of carbonyl (C=O) groups excluding carboxylic acids is 3. The van der Waals surface area contributed by atoms with E-state index in [0.29, 0.717) is 30.6 Å². The third-order valence-electron chi connectivity index (χ3n) is 7.33. The molecule has 2 amide bonds. The lowest BCUT2D eigenvalue weighted by molar-refractivity contribution is -0.124. The second-order valence-corrected chi connectivity index (χ2v) is 10.3. The fraction of sp³-hybridized carbons (Fsp3) is 0.414. The molecular weight excluding hydrogens is 487 g/mol. The van der Waals surface area contributed by atoms with E-state index in [1.807, 2.05) is 23.3 Å². The topological polar surface area (TPSA) is 75.1 Å². The van der Waals surface area contributed by atoms with Crippen LogP contribution in [-0.2, 0) is 22.8 Å². The Morgan fingerprint density at radius 2 is 1.71 bits per heavy atom. The van der Waals surface area contributed by atoms with Crippen molar-refractivity contribution in [2.45, 2.75) is 46.1 Å². The summed E-state index contributed by atoms with van der Waals surface area (Å²) in [6, 6.07) is 11.5. The van der Waals surface area contributed by atoms with Gasteiger partial charge in [0.15, 0.2) is 0 Å². The lowest BCUT2D eigenvalue weighted by Crippen LogP contribution is -2.57. The van der Waals surface area contributed by atoms with Crippen LogP contribution in [0, 0.1) is 12.7 Å². The zero-order valence-electron chi connectivity index (χ0n) is 22.8. The van der Waals surface area contributed by atoms with E-state index < -0.39 is 11.7 Å². The van der Waals surface area contributed by atoms with Gasteiger partial charge in [-0.2, -0.15) is 0 Å². The number of benzene rings is 2. The van der Waals surface area contributed by atoms with Gasteiger partial charge in [-0.25, -0.2) is 4.39 Å².